The molecule has 0 radical (unpaired) electrons. The van der Waals surface area contributed by atoms with E-state index in [1.165, 1.54) is 0 Å². The van der Waals surface area contributed by atoms with Gasteiger partial charge in [-0.1, -0.05) is 31.2 Å². The Labute approximate surface area is 184 Å². The number of carbonyl (C=O) groups excluding carboxylic acids is 2. The van der Waals surface area contributed by atoms with E-state index in [0.717, 1.165) is 36.5 Å². The predicted molar refractivity (Wildman–Crippen MR) is 122 cm³/mol. The summed E-state index contributed by atoms with van der Waals surface area (Å²) in [6, 6.07) is 13.2. The molecule has 0 saturated carbocycles. The van der Waals surface area contributed by atoms with E-state index in [2.05, 4.69) is 9.88 Å². The molecule has 2 aromatic rings. The normalized spacial score (nSPS) is 16.9. The van der Waals surface area contributed by atoms with Gasteiger partial charge in [-0.3, -0.25) is 19.5 Å². The van der Waals surface area contributed by atoms with Crippen LogP contribution in [0.3, 0.4) is 0 Å². The molecule has 31 heavy (non-hydrogen) atoms. The Hall–Kier alpha value is -2.77. The molecular weight excluding hydrogens is 390 g/mol. The van der Waals surface area contributed by atoms with E-state index in [4.69, 9.17) is 5.73 Å². The van der Waals surface area contributed by atoms with Crippen molar-refractivity contribution < 1.29 is 9.59 Å². The van der Waals surface area contributed by atoms with Crippen LogP contribution in [-0.4, -0.2) is 58.8 Å². The number of pyridine rings is 1. The van der Waals surface area contributed by atoms with Gasteiger partial charge in [0.25, 0.3) is 0 Å². The van der Waals surface area contributed by atoms with Gasteiger partial charge in [0, 0.05) is 58.1 Å². The summed E-state index contributed by atoms with van der Waals surface area (Å²) in [5.41, 5.74) is 8.94. The Kier molecular flexibility index (Phi) is 8.14. The third-order valence-corrected chi connectivity index (χ3v) is 5.75. The molecule has 7 nitrogen and oxygen atoms in total. The summed E-state index contributed by atoms with van der Waals surface area (Å²) in [6.07, 6.45) is 3.23. The molecular formula is C24H33N5O2. The third kappa shape index (κ3) is 6.12. The van der Waals surface area contributed by atoms with E-state index < -0.39 is 6.04 Å². The first-order chi connectivity index (χ1) is 15.0. The highest BCUT2D eigenvalue weighted by Gasteiger charge is 2.24. The van der Waals surface area contributed by atoms with Crippen LogP contribution in [0.5, 0.6) is 0 Å². The fourth-order valence-electron chi connectivity index (χ4n) is 3.94. The van der Waals surface area contributed by atoms with Crippen molar-refractivity contribution in [2.24, 2.45) is 5.73 Å². The number of aromatic nitrogens is 1. The van der Waals surface area contributed by atoms with Gasteiger partial charge >= 0.3 is 0 Å². The highest BCUT2D eigenvalue weighted by molar-refractivity contribution is 5.92. The highest BCUT2D eigenvalue weighted by Crippen LogP contribution is 2.24. The van der Waals surface area contributed by atoms with Crippen molar-refractivity contribution in [3.05, 3.63) is 59.9 Å². The van der Waals surface area contributed by atoms with E-state index in [0.29, 0.717) is 32.6 Å². The Balaban J connectivity index is 1.90. The first kappa shape index (κ1) is 22.9. The first-order valence-electron chi connectivity index (χ1n) is 11.0. The summed E-state index contributed by atoms with van der Waals surface area (Å²) in [5.74, 6) is -0.0465. The molecule has 1 aliphatic heterocycles. The summed E-state index contributed by atoms with van der Waals surface area (Å²) >= 11 is 0. The van der Waals surface area contributed by atoms with E-state index in [1.807, 2.05) is 59.2 Å². The van der Waals surface area contributed by atoms with Crippen molar-refractivity contribution in [3.8, 4) is 0 Å². The molecule has 0 bridgehead atoms. The number of hydrogen-bond acceptors (Lipinski definition) is 5. The number of benzene rings is 1. The lowest BCUT2D eigenvalue weighted by atomic mass is 10.1. The molecule has 1 aromatic carbocycles. The van der Waals surface area contributed by atoms with Crippen LogP contribution in [-0.2, 0) is 22.7 Å². The smallest absolute Gasteiger partial charge is 0.239 e. The van der Waals surface area contributed by atoms with Crippen molar-refractivity contribution in [2.45, 2.75) is 45.8 Å². The summed E-state index contributed by atoms with van der Waals surface area (Å²) < 4.78 is 0. The standard InChI is InChI=1S/C24H33N5O2/c1-3-22(25)24(31)28-16-15-27(18-21-10-6-7-12-26-21)13-8-14-29(19(2)30)23-11-5-4-9-20(23)17-28/h4-7,9-12,22H,3,8,13-18,25H2,1-2H3/t22-/m0/s1. The van der Waals surface area contributed by atoms with E-state index in [1.54, 1.807) is 13.1 Å². The number of rotatable bonds is 4. The topological polar surface area (TPSA) is 82.8 Å². The van der Waals surface area contributed by atoms with Gasteiger partial charge in [0.2, 0.25) is 11.8 Å². The molecule has 0 aliphatic carbocycles. The van der Waals surface area contributed by atoms with Crippen LogP contribution in [0.4, 0.5) is 5.69 Å². The van der Waals surface area contributed by atoms with E-state index >= 15 is 0 Å². The first-order valence-corrected chi connectivity index (χ1v) is 11.0. The molecule has 2 heterocycles. The van der Waals surface area contributed by atoms with E-state index in [9.17, 15) is 9.59 Å². The highest BCUT2D eigenvalue weighted by atomic mass is 16.2. The van der Waals surface area contributed by atoms with Crippen LogP contribution in [0.15, 0.2) is 48.7 Å². The largest absolute Gasteiger partial charge is 0.336 e. The zero-order valence-electron chi connectivity index (χ0n) is 18.5. The average molecular weight is 424 g/mol. The number of nitrogens with two attached hydrogens (primary N) is 1. The van der Waals surface area contributed by atoms with Gasteiger partial charge in [0.05, 0.1) is 11.7 Å². The number of fused-ring (bicyclic) bond motifs is 1. The monoisotopic (exact) mass is 423 g/mol. The number of amides is 2. The number of anilines is 1. The fourth-order valence-corrected chi connectivity index (χ4v) is 3.94. The minimum absolute atomic E-state index is 0.00566. The SMILES string of the molecule is CC[C@H](N)C(=O)N1CCN(Cc2ccccn2)CCCN(C(C)=O)c2ccccc2C1. The summed E-state index contributed by atoms with van der Waals surface area (Å²) in [5, 5.41) is 0. The van der Waals surface area contributed by atoms with Crippen LogP contribution in [0.2, 0.25) is 0 Å². The van der Waals surface area contributed by atoms with Crippen LogP contribution >= 0.6 is 0 Å². The van der Waals surface area contributed by atoms with Crippen molar-refractivity contribution in [1.29, 1.82) is 0 Å². The third-order valence-electron chi connectivity index (χ3n) is 5.75. The van der Waals surface area contributed by atoms with Crippen LogP contribution in [0.1, 0.15) is 37.9 Å². The minimum Gasteiger partial charge on any atom is -0.336 e. The van der Waals surface area contributed by atoms with Gasteiger partial charge < -0.3 is 15.5 Å². The molecule has 2 N–H and O–H groups in total. The molecule has 1 atom stereocenters. The lowest BCUT2D eigenvalue weighted by Crippen LogP contribution is -2.46. The molecule has 1 aliphatic rings. The number of hydrogen-bond donors (Lipinski definition) is 1. The van der Waals surface area contributed by atoms with Crippen molar-refractivity contribution in [3.63, 3.8) is 0 Å². The van der Waals surface area contributed by atoms with Crippen LogP contribution < -0.4 is 10.6 Å². The molecule has 0 fully saturated rings. The second kappa shape index (κ2) is 11.0. The van der Waals surface area contributed by atoms with Gasteiger partial charge in [-0.15, -0.1) is 0 Å². The molecule has 0 spiro atoms. The van der Waals surface area contributed by atoms with Crippen LogP contribution in [0, 0.1) is 0 Å². The zero-order chi connectivity index (χ0) is 22.2. The summed E-state index contributed by atoms with van der Waals surface area (Å²) in [4.78, 5) is 35.9. The fraction of sp³-hybridized carbons (Fsp3) is 0.458. The Morgan fingerprint density at radius 3 is 2.55 bits per heavy atom. The Morgan fingerprint density at radius 1 is 1.06 bits per heavy atom. The molecule has 1 aromatic heterocycles. The second-order valence-electron chi connectivity index (χ2n) is 8.02. The maximum Gasteiger partial charge on any atom is 0.239 e. The van der Waals surface area contributed by atoms with Crippen molar-refractivity contribution >= 4 is 17.5 Å². The number of carbonyl (C=O) groups is 2. The van der Waals surface area contributed by atoms with Crippen molar-refractivity contribution in [1.82, 2.24) is 14.8 Å². The number of nitrogens with zero attached hydrogens (tertiary/aromatic N) is 4. The minimum atomic E-state index is -0.523. The quantitative estimate of drug-likeness (QED) is 0.817. The maximum atomic E-state index is 13.1. The van der Waals surface area contributed by atoms with Crippen molar-refractivity contribution in [2.75, 3.05) is 31.1 Å². The average Bonchev–Trinajstić information content (AvgIpc) is 2.82. The summed E-state index contributed by atoms with van der Waals surface area (Å²) in [6.45, 7) is 7.40. The summed E-state index contributed by atoms with van der Waals surface area (Å²) in [7, 11) is 0. The maximum absolute atomic E-state index is 13.1. The molecule has 2 amide bonds. The van der Waals surface area contributed by atoms with Gasteiger partial charge in [-0.05, 0) is 36.6 Å². The zero-order valence-corrected chi connectivity index (χ0v) is 18.5. The Morgan fingerprint density at radius 2 is 1.84 bits per heavy atom. The predicted octanol–water partition coefficient (Wildman–Crippen LogP) is 2.41. The lowest BCUT2D eigenvalue weighted by molar-refractivity contribution is -0.133. The van der Waals surface area contributed by atoms with Gasteiger partial charge in [-0.2, -0.15) is 0 Å². The molecule has 0 saturated heterocycles. The van der Waals surface area contributed by atoms with E-state index in [-0.39, 0.29) is 11.8 Å². The van der Waals surface area contributed by atoms with Crippen LogP contribution in [0.25, 0.3) is 0 Å². The Bertz CT molecular complexity index is 873. The molecule has 166 valence electrons. The van der Waals surface area contributed by atoms with Gasteiger partial charge in [0.1, 0.15) is 0 Å². The molecule has 3 rings (SSSR count). The molecule has 0 unspecified atom stereocenters. The lowest BCUT2D eigenvalue weighted by Gasteiger charge is -2.29. The van der Waals surface area contributed by atoms with Gasteiger partial charge in [-0.25, -0.2) is 0 Å². The van der Waals surface area contributed by atoms with Gasteiger partial charge in [0.15, 0.2) is 0 Å². The number of para-hydroxylation sites is 1. The molecule has 7 heteroatoms. The second-order valence-corrected chi connectivity index (χ2v) is 8.02.